The van der Waals surface area contributed by atoms with Gasteiger partial charge in [0.1, 0.15) is 0 Å². The number of hydrogen-bond donors (Lipinski definition) is 3. The summed E-state index contributed by atoms with van der Waals surface area (Å²) < 4.78 is 0. The Balaban J connectivity index is 2.97. The summed E-state index contributed by atoms with van der Waals surface area (Å²) in [6, 6.07) is 0. The molecule has 4 nitrogen and oxygen atoms in total. The number of aliphatic imine (C=N–C) groups is 1. The second-order valence-corrected chi connectivity index (χ2v) is 4.74. The molecule has 0 atom stereocenters. The van der Waals surface area contributed by atoms with E-state index in [-0.39, 0.29) is 0 Å². The lowest BCUT2D eigenvalue weighted by molar-refractivity contribution is 0.566. The Kier molecular flexibility index (Phi) is 14.2. The number of rotatable bonds is 13. The highest BCUT2D eigenvalue weighted by atomic mass is 14.9. The molecular formula is C14H32N4. The quantitative estimate of drug-likeness (QED) is 0.345. The van der Waals surface area contributed by atoms with E-state index in [1.54, 1.807) is 0 Å². The van der Waals surface area contributed by atoms with E-state index < -0.39 is 0 Å². The van der Waals surface area contributed by atoms with Gasteiger partial charge in [0.15, 0.2) is 0 Å². The molecule has 0 aliphatic heterocycles. The van der Waals surface area contributed by atoms with Crippen molar-refractivity contribution < 1.29 is 0 Å². The van der Waals surface area contributed by atoms with Crippen LogP contribution in [0.2, 0.25) is 0 Å². The summed E-state index contributed by atoms with van der Waals surface area (Å²) in [6.45, 7) is 13.8. The molecule has 108 valence electrons. The summed E-state index contributed by atoms with van der Waals surface area (Å²) in [5.74, 6) is 0. The van der Waals surface area contributed by atoms with E-state index in [2.05, 4.69) is 41.7 Å². The van der Waals surface area contributed by atoms with E-state index in [0.717, 1.165) is 52.2 Å². The van der Waals surface area contributed by atoms with Crippen LogP contribution in [0.25, 0.3) is 0 Å². The normalized spacial score (nSPS) is 10.6. The van der Waals surface area contributed by atoms with Crippen LogP contribution < -0.4 is 16.0 Å². The molecule has 0 heterocycles. The molecule has 0 bridgehead atoms. The molecule has 18 heavy (non-hydrogen) atoms. The third-order valence-corrected chi connectivity index (χ3v) is 2.60. The van der Waals surface area contributed by atoms with Crippen molar-refractivity contribution >= 4 is 5.71 Å². The van der Waals surface area contributed by atoms with Crippen molar-refractivity contribution in [2.24, 2.45) is 4.99 Å². The average Bonchev–Trinajstić information content (AvgIpc) is 2.34. The van der Waals surface area contributed by atoms with Gasteiger partial charge in [0.2, 0.25) is 0 Å². The van der Waals surface area contributed by atoms with Crippen molar-refractivity contribution in [1.29, 1.82) is 0 Å². The third kappa shape index (κ3) is 15.6. The van der Waals surface area contributed by atoms with Crippen molar-refractivity contribution in [1.82, 2.24) is 16.0 Å². The average molecular weight is 256 g/mol. The fourth-order valence-electron chi connectivity index (χ4n) is 1.61. The maximum Gasteiger partial charge on any atom is 0.0400 e. The lowest BCUT2D eigenvalue weighted by atomic mass is 10.3. The van der Waals surface area contributed by atoms with Crippen LogP contribution in [-0.2, 0) is 0 Å². The fourth-order valence-corrected chi connectivity index (χ4v) is 1.61. The van der Waals surface area contributed by atoms with Crippen molar-refractivity contribution in [3.8, 4) is 0 Å². The highest BCUT2D eigenvalue weighted by Gasteiger charge is 1.90. The Morgan fingerprint density at radius 3 is 1.78 bits per heavy atom. The Labute approximate surface area is 113 Å². The predicted molar refractivity (Wildman–Crippen MR) is 81.8 cm³/mol. The maximum absolute atomic E-state index is 4.37. The molecule has 0 aromatic carbocycles. The zero-order valence-corrected chi connectivity index (χ0v) is 12.5. The van der Waals surface area contributed by atoms with Crippen molar-refractivity contribution in [3.05, 3.63) is 0 Å². The summed E-state index contributed by atoms with van der Waals surface area (Å²) in [6.07, 6.45) is 3.56. The van der Waals surface area contributed by atoms with Crippen LogP contribution in [0.4, 0.5) is 0 Å². The zero-order chi connectivity index (χ0) is 13.5. The molecule has 0 unspecified atom stereocenters. The highest BCUT2D eigenvalue weighted by Crippen LogP contribution is 1.82. The van der Waals surface area contributed by atoms with Gasteiger partial charge in [-0.3, -0.25) is 4.99 Å². The van der Waals surface area contributed by atoms with E-state index in [9.17, 15) is 0 Å². The van der Waals surface area contributed by atoms with E-state index in [1.807, 2.05) is 0 Å². The van der Waals surface area contributed by atoms with Crippen molar-refractivity contribution in [3.63, 3.8) is 0 Å². The first kappa shape index (κ1) is 17.6. The molecule has 0 spiro atoms. The first-order chi connectivity index (χ1) is 8.77. The maximum atomic E-state index is 4.37. The Morgan fingerprint density at radius 2 is 1.28 bits per heavy atom. The second kappa shape index (κ2) is 14.6. The summed E-state index contributed by atoms with van der Waals surface area (Å²) >= 11 is 0. The molecule has 0 fully saturated rings. The molecular weight excluding hydrogens is 224 g/mol. The van der Waals surface area contributed by atoms with Gasteiger partial charge >= 0.3 is 0 Å². The molecule has 0 amide bonds. The summed E-state index contributed by atoms with van der Waals surface area (Å²) in [4.78, 5) is 4.37. The molecule has 0 saturated heterocycles. The minimum absolute atomic E-state index is 0.956. The topological polar surface area (TPSA) is 48.4 Å². The first-order valence-corrected chi connectivity index (χ1v) is 7.37. The Morgan fingerprint density at radius 1 is 0.778 bits per heavy atom. The molecule has 3 N–H and O–H groups in total. The standard InChI is InChI=1S/C14H32N4/c1-4-15-8-5-9-16-10-6-11-17-12-7-13-18-14(2)3/h15-17H,4-13H2,1-3H3. The van der Waals surface area contributed by atoms with Gasteiger partial charge in [-0.2, -0.15) is 0 Å². The van der Waals surface area contributed by atoms with Crippen molar-refractivity contribution in [2.45, 2.75) is 40.0 Å². The summed E-state index contributed by atoms with van der Waals surface area (Å²) in [7, 11) is 0. The molecule has 0 aliphatic carbocycles. The number of hydrogen-bond acceptors (Lipinski definition) is 4. The summed E-state index contributed by atoms with van der Waals surface area (Å²) in [5.41, 5.74) is 1.18. The molecule has 0 aromatic rings. The van der Waals surface area contributed by atoms with Crippen molar-refractivity contribution in [2.75, 3.05) is 45.8 Å². The molecule has 0 aliphatic rings. The van der Waals surface area contributed by atoms with Crippen LogP contribution in [0.3, 0.4) is 0 Å². The van der Waals surface area contributed by atoms with Crippen LogP contribution >= 0.6 is 0 Å². The largest absolute Gasteiger partial charge is 0.317 e. The highest BCUT2D eigenvalue weighted by molar-refractivity contribution is 5.78. The van der Waals surface area contributed by atoms with Gasteiger partial charge in [-0.05, 0) is 72.4 Å². The van der Waals surface area contributed by atoms with Gasteiger partial charge in [-0.25, -0.2) is 0 Å². The van der Waals surface area contributed by atoms with Crippen LogP contribution in [0, 0.1) is 0 Å². The molecule has 0 saturated carbocycles. The SMILES string of the molecule is CCNCCCNCCCNCCCN=C(C)C. The minimum Gasteiger partial charge on any atom is -0.317 e. The van der Waals surface area contributed by atoms with Crippen LogP contribution in [0.5, 0.6) is 0 Å². The number of nitrogens with zero attached hydrogens (tertiary/aromatic N) is 1. The lowest BCUT2D eigenvalue weighted by Gasteiger charge is -2.06. The van der Waals surface area contributed by atoms with E-state index in [1.165, 1.54) is 18.6 Å². The fraction of sp³-hybridized carbons (Fsp3) is 0.929. The van der Waals surface area contributed by atoms with Gasteiger partial charge in [0, 0.05) is 12.3 Å². The monoisotopic (exact) mass is 256 g/mol. The van der Waals surface area contributed by atoms with Gasteiger partial charge in [0.05, 0.1) is 0 Å². The van der Waals surface area contributed by atoms with Gasteiger partial charge < -0.3 is 16.0 Å². The molecule has 0 rings (SSSR count). The Bertz CT molecular complexity index is 188. The second-order valence-electron chi connectivity index (χ2n) is 4.74. The van der Waals surface area contributed by atoms with Crippen LogP contribution in [-0.4, -0.2) is 51.5 Å². The third-order valence-electron chi connectivity index (χ3n) is 2.60. The smallest absolute Gasteiger partial charge is 0.0400 e. The van der Waals surface area contributed by atoms with Crippen LogP contribution in [0.1, 0.15) is 40.0 Å². The minimum atomic E-state index is 0.956. The van der Waals surface area contributed by atoms with Crippen LogP contribution in [0.15, 0.2) is 4.99 Å². The predicted octanol–water partition coefficient (Wildman–Crippen LogP) is 1.43. The molecule has 0 aromatic heterocycles. The Hall–Kier alpha value is -0.450. The number of nitrogens with one attached hydrogen (secondary N) is 3. The van der Waals surface area contributed by atoms with Gasteiger partial charge in [-0.1, -0.05) is 6.92 Å². The first-order valence-electron chi connectivity index (χ1n) is 7.37. The van der Waals surface area contributed by atoms with E-state index in [0.29, 0.717) is 0 Å². The molecule has 0 radical (unpaired) electrons. The lowest BCUT2D eigenvalue weighted by Crippen LogP contribution is -2.25. The van der Waals surface area contributed by atoms with Gasteiger partial charge in [0.25, 0.3) is 0 Å². The zero-order valence-electron chi connectivity index (χ0n) is 12.5. The molecule has 4 heteroatoms. The van der Waals surface area contributed by atoms with E-state index >= 15 is 0 Å². The summed E-state index contributed by atoms with van der Waals surface area (Å²) in [5, 5.41) is 10.2. The van der Waals surface area contributed by atoms with Gasteiger partial charge in [-0.15, -0.1) is 0 Å². The van der Waals surface area contributed by atoms with E-state index in [4.69, 9.17) is 0 Å².